The van der Waals surface area contributed by atoms with Crippen molar-refractivity contribution in [1.29, 1.82) is 0 Å². The standard InChI is InChI=1S/C16H14INO2/c17-12-6-3-5-11(8-12)16(20)18-15-13-7-2-1-4-10(13)9-14(15)19/h1-8,14-15,19H,9H2,(H,18,20). The van der Waals surface area contributed by atoms with Crippen molar-refractivity contribution in [3.63, 3.8) is 0 Å². The van der Waals surface area contributed by atoms with Crippen LogP contribution in [0.5, 0.6) is 0 Å². The van der Waals surface area contributed by atoms with Crippen molar-refractivity contribution in [2.24, 2.45) is 0 Å². The number of amides is 1. The third kappa shape index (κ3) is 2.58. The lowest BCUT2D eigenvalue weighted by molar-refractivity contribution is 0.0858. The second-order valence-corrected chi connectivity index (χ2v) is 6.18. The van der Waals surface area contributed by atoms with Gasteiger partial charge in [-0.25, -0.2) is 0 Å². The van der Waals surface area contributed by atoms with Gasteiger partial charge in [0, 0.05) is 15.6 Å². The van der Waals surface area contributed by atoms with E-state index in [1.54, 1.807) is 6.07 Å². The molecule has 0 saturated carbocycles. The molecule has 0 fully saturated rings. The number of fused-ring (bicyclic) bond motifs is 1. The van der Waals surface area contributed by atoms with Gasteiger partial charge in [-0.05, 0) is 51.9 Å². The molecule has 1 aliphatic rings. The van der Waals surface area contributed by atoms with Crippen LogP contribution in [-0.4, -0.2) is 17.1 Å². The minimum absolute atomic E-state index is 0.149. The summed E-state index contributed by atoms with van der Waals surface area (Å²) in [4.78, 5) is 12.3. The number of carbonyl (C=O) groups is 1. The zero-order chi connectivity index (χ0) is 14.1. The molecule has 1 amide bonds. The van der Waals surface area contributed by atoms with Gasteiger partial charge in [0.1, 0.15) is 0 Å². The Morgan fingerprint density at radius 3 is 2.80 bits per heavy atom. The van der Waals surface area contributed by atoms with E-state index >= 15 is 0 Å². The smallest absolute Gasteiger partial charge is 0.251 e. The summed E-state index contributed by atoms with van der Waals surface area (Å²) in [7, 11) is 0. The Balaban J connectivity index is 1.83. The van der Waals surface area contributed by atoms with Crippen molar-refractivity contribution in [3.05, 3.63) is 68.8 Å². The van der Waals surface area contributed by atoms with Crippen LogP contribution in [0.4, 0.5) is 0 Å². The topological polar surface area (TPSA) is 49.3 Å². The van der Waals surface area contributed by atoms with Gasteiger partial charge >= 0.3 is 0 Å². The molecule has 2 N–H and O–H groups in total. The van der Waals surface area contributed by atoms with E-state index in [2.05, 4.69) is 27.9 Å². The quantitative estimate of drug-likeness (QED) is 0.789. The van der Waals surface area contributed by atoms with Gasteiger partial charge in [0.15, 0.2) is 0 Å². The van der Waals surface area contributed by atoms with E-state index in [4.69, 9.17) is 0 Å². The molecule has 0 spiro atoms. The fourth-order valence-corrected chi connectivity index (χ4v) is 3.15. The van der Waals surface area contributed by atoms with Gasteiger partial charge in [-0.1, -0.05) is 30.3 Å². The Bertz CT molecular complexity index is 656. The van der Waals surface area contributed by atoms with Crippen molar-refractivity contribution >= 4 is 28.5 Å². The SMILES string of the molecule is O=C(NC1c2ccccc2CC1O)c1cccc(I)c1. The van der Waals surface area contributed by atoms with Crippen molar-refractivity contribution in [2.75, 3.05) is 0 Å². The van der Waals surface area contributed by atoms with Crippen LogP contribution >= 0.6 is 22.6 Å². The maximum atomic E-state index is 12.3. The highest BCUT2D eigenvalue weighted by Gasteiger charge is 2.31. The molecule has 2 unspecified atom stereocenters. The van der Waals surface area contributed by atoms with Gasteiger partial charge in [-0.2, -0.15) is 0 Å². The van der Waals surface area contributed by atoms with Crippen LogP contribution < -0.4 is 5.32 Å². The maximum Gasteiger partial charge on any atom is 0.251 e. The molecule has 0 radical (unpaired) electrons. The number of hydrogen-bond acceptors (Lipinski definition) is 2. The Kier molecular flexibility index (Phi) is 3.76. The van der Waals surface area contributed by atoms with E-state index in [1.165, 1.54) is 0 Å². The fraction of sp³-hybridized carbons (Fsp3) is 0.188. The first-order valence-electron chi connectivity index (χ1n) is 6.47. The van der Waals surface area contributed by atoms with Gasteiger partial charge in [-0.15, -0.1) is 0 Å². The molecule has 0 aromatic heterocycles. The Hall–Kier alpha value is -1.40. The molecule has 2 aromatic rings. The van der Waals surface area contributed by atoms with E-state index < -0.39 is 6.10 Å². The first-order valence-corrected chi connectivity index (χ1v) is 7.55. The van der Waals surface area contributed by atoms with Crippen molar-refractivity contribution in [3.8, 4) is 0 Å². The number of hydrogen-bond donors (Lipinski definition) is 2. The zero-order valence-corrected chi connectivity index (χ0v) is 12.9. The molecular weight excluding hydrogens is 365 g/mol. The molecule has 2 aromatic carbocycles. The van der Waals surface area contributed by atoms with Crippen LogP contribution in [0.3, 0.4) is 0 Å². The number of nitrogens with one attached hydrogen (secondary N) is 1. The number of benzene rings is 2. The average molecular weight is 379 g/mol. The largest absolute Gasteiger partial charge is 0.390 e. The molecule has 102 valence electrons. The van der Waals surface area contributed by atoms with E-state index in [9.17, 15) is 9.90 Å². The molecule has 20 heavy (non-hydrogen) atoms. The van der Waals surface area contributed by atoms with Crippen LogP contribution in [0.1, 0.15) is 27.5 Å². The highest BCUT2D eigenvalue weighted by Crippen LogP contribution is 2.31. The lowest BCUT2D eigenvalue weighted by atomic mass is 10.1. The molecule has 0 aliphatic heterocycles. The first-order chi connectivity index (χ1) is 9.65. The second kappa shape index (κ2) is 5.54. The van der Waals surface area contributed by atoms with E-state index in [-0.39, 0.29) is 11.9 Å². The summed E-state index contributed by atoms with van der Waals surface area (Å²) in [6.07, 6.45) is 0.0344. The van der Waals surface area contributed by atoms with Gasteiger partial charge in [0.05, 0.1) is 12.1 Å². The number of aliphatic hydroxyl groups is 1. The number of carbonyl (C=O) groups excluding carboxylic acids is 1. The third-order valence-corrected chi connectivity index (χ3v) is 4.25. The Morgan fingerprint density at radius 2 is 2.00 bits per heavy atom. The summed E-state index contributed by atoms with van der Waals surface area (Å²) in [6, 6.07) is 14.9. The van der Waals surface area contributed by atoms with Crippen LogP contribution in [0.15, 0.2) is 48.5 Å². The van der Waals surface area contributed by atoms with E-state index in [0.29, 0.717) is 12.0 Å². The molecular formula is C16H14INO2. The summed E-state index contributed by atoms with van der Waals surface area (Å²) in [5.41, 5.74) is 2.74. The normalized spacial score (nSPS) is 20.5. The minimum Gasteiger partial charge on any atom is -0.390 e. The molecule has 0 heterocycles. The average Bonchev–Trinajstić information content (AvgIpc) is 2.75. The van der Waals surface area contributed by atoms with Gasteiger partial charge in [-0.3, -0.25) is 4.79 Å². The van der Waals surface area contributed by atoms with Crippen LogP contribution in [0.25, 0.3) is 0 Å². The Morgan fingerprint density at radius 1 is 1.20 bits per heavy atom. The minimum atomic E-state index is -0.556. The lowest BCUT2D eigenvalue weighted by Gasteiger charge is -2.18. The lowest BCUT2D eigenvalue weighted by Crippen LogP contribution is -2.33. The predicted octanol–water partition coefficient (Wildman–Crippen LogP) is 2.68. The van der Waals surface area contributed by atoms with E-state index in [0.717, 1.165) is 14.7 Å². The molecule has 1 aliphatic carbocycles. The first kappa shape index (κ1) is 13.6. The highest BCUT2D eigenvalue weighted by molar-refractivity contribution is 14.1. The van der Waals surface area contributed by atoms with Gasteiger partial charge < -0.3 is 10.4 Å². The van der Waals surface area contributed by atoms with E-state index in [1.807, 2.05) is 42.5 Å². The summed E-state index contributed by atoms with van der Waals surface area (Å²) < 4.78 is 1.02. The van der Waals surface area contributed by atoms with Gasteiger partial charge in [0.2, 0.25) is 0 Å². The summed E-state index contributed by atoms with van der Waals surface area (Å²) in [5, 5.41) is 13.1. The number of halogens is 1. The maximum absolute atomic E-state index is 12.3. The third-order valence-electron chi connectivity index (χ3n) is 3.58. The summed E-state index contributed by atoms with van der Waals surface area (Å²) >= 11 is 2.18. The second-order valence-electron chi connectivity index (χ2n) is 4.93. The molecule has 0 saturated heterocycles. The predicted molar refractivity (Wildman–Crippen MR) is 85.5 cm³/mol. The molecule has 2 atom stereocenters. The van der Waals surface area contributed by atoms with Gasteiger partial charge in [0.25, 0.3) is 5.91 Å². The molecule has 3 nitrogen and oxygen atoms in total. The van der Waals surface area contributed by atoms with Crippen molar-refractivity contribution in [2.45, 2.75) is 18.6 Å². The van der Waals surface area contributed by atoms with Crippen LogP contribution in [0.2, 0.25) is 0 Å². The monoisotopic (exact) mass is 379 g/mol. The Labute approximate surface area is 131 Å². The molecule has 4 heteroatoms. The zero-order valence-electron chi connectivity index (χ0n) is 10.7. The van der Waals surface area contributed by atoms with Crippen molar-refractivity contribution in [1.82, 2.24) is 5.32 Å². The molecule has 3 rings (SSSR count). The van der Waals surface area contributed by atoms with Crippen molar-refractivity contribution < 1.29 is 9.90 Å². The van der Waals surface area contributed by atoms with Crippen LogP contribution in [0, 0.1) is 3.57 Å². The summed E-state index contributed by atoms with van der Waals surface area (Å²) in [5.74, 6) is -0.149. The molecule has 0 bridgehead atoms. The van der Waals surface area contributed by atoms with Crippen LogP contribution in [-0.2, 0) is 6.42 Å². The highest BCUT2D eigenvalue weighted by atomic mass is 127. The number of rotatable bonds is 2. The fourth-order valence-electron chi connectivity index (χ4n) is 2.60. The number of aliphatic hydroxyl groups excluding tert-OH is 1. The summed E-state index contributed by atoms with van der Waals surface area (Å²) in [6.45, 7) is 0.